The lowest BCUT2D eigenvalue weighted by Crippen LogP contribution is -2.08. The lowest BCUT2D eigenvalue weighted by atomic mass is 10.0. The van der Waals surface area contributed by atoms with Crippen LogP contribution < -0.4 is 5.63 Å². The van der Waals surface area contributed by atoms with Gasteiger partial charge in [0.25, 0.3) is 0 Å². The quantitative estimate of drug-likeness (QED) is 0.360. The number of esters is 1. The van der Waals surface area contributed by atoms with Crippen LogP contribution in [0.3, 0.4) is 0 Å². The predicted octanol–water partition coefficient (Wildman–Crippen LogP) is 4.64. The molecule has 0 spiro atoms. The monoisotopic (exact) mass is 368 g/mol. The molecule has 5 heteroatoms. The second kappa shape index (κ2) is 8.23. The maximum atomic E-state index is 12.0. The molecule has 0 radical (unpaired) electrons. The van der Waals surface area contributed by atoms with Gasteiger partial charge in [-0.15, -0.1) is 11.8 Å². The first-order chi connectivity index (χ1) is 12.5. The second-order valence-corrected chi connectivity index (χ2v) is 7.26. The van der Waals surface area contributed by atoms with Crippen LogP contribution in [0.5, 0.6) is 0 Å². The molecule has 0 atom stereocenters. The highest BCUT2D eigenvalue weighted by atomic mass is 32.2. The van der Waals surface area contributed by atoms with Crippen molar-refractivity contribution in [2.75, 3.05) is 5.75 Å². The molecule has 0 unspecified atom stereocenters. The molecule has 0 saturated heterocycles. The molecule has 134 valence electrons. The molecule has 0 bridgehead atoms. The molecule has 0 fully saturated rings. The molecular formula is C21H20O4S. The minimum Gasteiger partial charge on any atom is -0.461 e. The van der Waals surface area contributed by atoms with Gasteiger partial charge in [-0.3, -0.25) is 4.79 Å². The molecule has 0 aliphatic rings. The number of benzene rings is 2. The standard InChI is InChI=1S/C21H20O4S/c1-14-10-18-16(12-21(23)25-19(18)11-15(14)2)13-24-20(22)8-9-26-17-6-4-3-5-7-17/h3-7,10-12H,8-9,13H2,1-2H3. The van der Waals surface area contributed by atoms with Crippen LogP contribution in [0.15, 0.2) is 62.6 Å². The van der Waals surface area contributed by atoms with Gasteiger partial charge in [0, 0.05) is 27.7 Å². The smallest absolute Gasteiger partial charge is 0.336 e. The van der Waals surface area contributed by atoms with E-state index in [0.29, 0.717) is 23.3 Å². The summed E-state index contributed by atoms with van der Waals surface area (Å²) in [6.45, 7) is 4.03. The van der Waals surface area contributed by atoms with E-state index in [4.69, 9.17) is 9.15 Å². The van der Waals surface area contributed by atoms with E-state index < -0.39 is 5.63 Å². The minimum atomic E-state index is -0.438. The minimum absolute atomic E-state index is 0.0689. The Labute approximate surface area is 156 Å². The molecule has 0 N–H and O–H groups in total. The fourth-order valence-corrected chi connectivity index (χ4v) is 3.46. The molecule has 26 heavy (non-hydrogen) atoms. The lowest BCUT2D eigenvalue weighted by molar-refractivity contribution is -0.144. The van der Waals surface area contributed by atoms with Gasteiger partial charge in [0.05, 0.1) is 6.42 Å². The van der Waals surface area contributed by atoms with Gasteiger partial charge in [-0.25, -0.2) is 4.79 Å². The van der Waals surface area contributed by atoms with Crippen molar-refractivity contribution >= 4 is 28.7 Å². The number of rotatable bonds is 6. The number of thioether (sulfide) groups is 1. The first-order valence-electron chi connectivity index (χ1n) is 8.40. The van der Waals surface area contributed by atoms with Crippen molar-refractivity contribution in [1.29, 1.82) is 0 Å². The van der Waals surface area contributed by atoms with Crippen LogP contribution in [0.1, 0.15) is 23.1 Å². The van der Waals surface area contributed by atoms with Crippen LogP contribution in [0, 0.1) is 13.8 Å². The third-order valence-electron chi connectivity index (χ3n) is 4.15. The Morgan fingerprint density at radius 3 is 2.58 bits per heavy atom. The Balaban J connectivity index is 1.63. The molecule has 3 aromatic rings. The average molecular weight is 368 g/mol. The van der Waals surface area contributed by atoms with Crippen molar-refractivity contribution in [2.24, 2.45) is 0 Å². The number of hydrogen-bond donors (Lipinski definition) is 0. The highest BCUT2D eigenvalue weighted by Gasteiger charge is 2.10. The molecule has 0 amide bonds. The van der Waals surface area contributed by atoms with Crippen LogP contribution in [-0.2, 0) is 16.1 Å². The van der Waals surface area contributed by atoms with Gasteiger partial charge in [-0.2, -0.15) is 0 Å². The van der Waals surface area contributed by atoms with Gasteiger partial charge >= 0.3 is 11.6 Å². The summed E-state index contributed by atoms with van der Waals surface area (Å²) in [6.07, 6.45) is 0.317. The molecule has 1 heterocycles. The van der Waals surface area contributed by atoms with Crippen LogP contribution in [-0.4, -0.2) is 11.7 Å². The zero-order chi connectivity index (χ0) is 18.5. The van der Waals surface area contributed by atoms with E-state index >= 15 is 0 Å². The molecule has 0 saturated carbocycles. The van der Waals surface area contributed by atoms with Gasteiger partial charge in [-0.05, 0) is 49.2 Å². The fourth-order valence-electron chi connectivity index (χ4n) is 2.60. The zero-order valence-electron chi connectivity index (χ0n) is 14.8. The van der Waals surface area contributed by atoms with E-state index in [2.05, 4.69) is 0 Å². The Kier molecular flexibility index (Phi) is 5.78. The van der Waals surface area contributed by atoms with E-state index in [9.17, 15) is 9.59 Å². The summed E-state index contributed by atoms with van der Waals surface area (Å²) in [4.78, 5) is 24.9. The van der Waals surface area contributed by atoms with E-state index in [-0.39, 0.29) is 12.6 Å². The van der Waals surface area contributed by atoms with Crippen molar-refractivity contribution in [3.05, 3.63) is 75.6 Å². The van der Waals surface area contributed by atoms with Crippen LogP contribution >= 0.6 is 11.8 Å². The maximum absolute atomic E-state index is 12.0. The number of fused-ring (bicyclic) bond motifs is 1. The molecule has 0 aliphatic carbocycles. The van der Waals surface area contributed by atoms with E-state index in [0.717, 1.165) is 21.4 Å². The topological polar surface area (TPSA) is 56.5 Å². The summed E-state index contributed by atoms with van der Waals surface area (Å²) in [6, 6.07) is 15.1. The summed E-state index contributed by atoms with van der Waals surface area (Å²) in [5.41, 5.74) is 2.90. The normalized spacial score (nSPS) is 10.8. The Morgan fingerprint density at radius 2 is 1.81 bits per heavy atom. The molecule has 1 aromatic heterocycles. The first-order valence-corrected chi connectivity index (χ1v) is 9.39. The summed E-state index contributed by atoms with van der Waals surface area (Å²) < 4.78 is 10.6. The third kappa shape index (κ3) is 4.55. The third-order valence-corrected chi connectivity index (χ3v) is 5.17. The Morgan fingerprint density at radius 1 is 1.08 bits per heavy atom. The van der Waals surface area contributed by atoms with Crippen molar-refractivity contribution in [2.45, 2.75) is 31.8 Å². The Bertz CT molecular complexity index is 976. The van der Waals surface area contributed by atoms with E-state index in [1.807, 2.05) is 56.3 Å². The van der Waals surface area contributed by atoms with Gasteiger partial charge in [0.15, 0.2) is 0 Å². The molecular weight excluding hydrogens is 348 g/mol. The van der Waals surface area contributed by atoms with Crippen LogP contribution in [0.25, 0.3) is 11.0 Å². The van der Waals surface area contributed by atoms with Crippen molar-refractivity contribution in [3.63, 3.8) is 0 Å². The lowest BCUT2D eigenvalue weighted by Gasteiger charge is -2.09. The zero-order valence-corrected chi connectivity index (χ0v) is 15.6. The number of ether oxygens (including phenoxy) is 1. The fraction of sp³-hybridized carbons (Fsp3) is 0.238. The largest absolute Gasteiger partial charge is 0.461 e. The van der Waals surface area contributed by atoms with Crippen molar-refractivity contribution in [3.8, 4) is 0 Å². The molecule has 0 aliphatic heterocycles. The first kappa shape index (κ1) is 18.3. The second-order valence-electron chi connectivity index (χ2n) is 6.10. The maximum Gasteiger partial charge on any atom is 0.336 e. The average Bonchev–Trinajstić information content (AvgIpc) is 2.62. The van der Waals surface area contributed by atoms with Crippen LogP contribution in [0.2, 0.25) is 0 Å². The number of carbonyl (C=O) groups is 1. The van der Waals surface area contributed by atoms with Crippen molar-refractivity contribution < 1.29 is 13.9 Å². The van der Waals surface area contributed by atoms with Gasteiger partial charge in [0.2, 0.25) is 0 Å². The van der Waals surface area contributed by atoms with Crippen LogP contribution in [0.4, 0.5) is 0 Å². The number of hydrogen-bond acceptors (Lipinski definition) is 5. The van der Waals surface area contributed by atoms with E-state index in [1.165, 1.54) is 6.07 Å². The molecule has 2 aromatic carbocycles. The summed E-state index contributed by atoms with van der Waals surface area (Å²) in [5, 5.41) is 0.805. The highest BCUT2D eigenvalue weighted by molar-refractivity contribution is 7.99. The van der Waals surface area contributed by atoms with Crippen molar-refractivity contribution in [1.82, 2.24) is 0 Å². The predicted molar refractivity (Wildman–Crippen MR) is 104 cm³/mol. The summed E-state index contributed by atoms with van der Waals surface area (Å²) in [7, 11) is 0. The van der Waals surface area contributed by atoms with Gasteiger partial charge in [-0.1, -0.05) is 18.2 Å². The summed E-state index contributed by atoms with van der Waals surface area (Å²) in [5.74, 6) is 0.373. The summed E-state index contributed by atoms with van der Waals surface area (Å²) >= 11 is 1.61. The number of carbonyl (C=O) groups excluding carboxylic acids is 1. The highest BCUT2D eigenvalue weighted by Crippen LogP contribution is 2.22. The SMILES string of the molecule is Cc1cc2oc(=O)cc(COC(=O)CCSc3ccccc3)c2cc1C. The number of aryl methyl sites for hydroxylation is 2. The molecule has 3 rings (SSSR count). The van der Waals surface area contributed by atoms with Gasteiger partial charge < -0.3 is 9.15 Å². The molecule has 4 nitrogen and oxygen atoms in total. The van der Waals surface area contributed by atoms with E-state index in [1.54, 1.807) is 11.8 Å². The Hall–Kier alpha value is -2.53. The van der Waals surface area contributed by atoms with Gasteiger partial charge in [0.1, 0.15) is 12.2 Å².